The average Bonchev–Trinajstić information content (AvgIpc) is 2.14. The lowest BCUT2D eigenvalue weighted by Gasteiger charge is -2.07. The maximum absolute atomic E-state index is 11.3. The standard InChI is InChI=1S/C10H11Br2NO2/c1-2-15-10(14)4-6-3-8(12)9(13)5-7(6)11/h3,5H,2,4,13H2,1H3. The largest absolute Gasteiger partial charge is 0.466 e. The summed E-state index contributed by atoms with van der Waals surface area (Å²) in [5.41, 5.74) is 7.18. The molecule has 0 aliphatic heterocycles. The fourth-order valence-corrected chi connectivity index (χ4v) is 2.00. The van der Waals surface area contributed by atoms with Crippen LogP contribution in [0.4, 0.5) is 5.69 Å². The molecule has 15 heavy (non-hydrogen) atoms. The molecule has 0 unspecified atom stereocenters. The number of rotatable bonds is 3. The average molecular weight is 337 g/mol. The van der Waals surface area contributed by atoms with Crippen molar-refractivity contribution in [3.63, 3.8) is 0 Å². The highest BCUT2D eigenvalue weighted by Gasteiger charge is 2.09. The van der Waals surface area contributed by atoms with Gasteiger partial charge in [0, 0.05) is 14.6 Å². The third kappa shape index (κ3) is 3.50. The molecule has 0 saturated carbocycles. The molecule has 0 bridgehead atoms. The van der Waals surface area contributed by atoms with E-state index in [9.17, 15) is 4.79 Å². The van der Waals surface area contributed by atoms with Crippen LogP contribution < -0.4 is 5.73 Å². The number of nitrogens with two attached hydrogens (primary N) is 1. The number of carbonyl (C=O) groups is 1. The summed E-state index contributed by atoms with van der Waals surface area (Å²) < 4.78 is 6.46. The first-order chi connectivity index (χ1) is 7.04. The maximum Gasteiger partial charge on any atom is 0.310 e. The van der Waals surface area contributed by atoms with Crippen molar-refractivity contribution in [1.82, 2.24) is 0 Å². The highest BCUT2D eigenvalue weighted by Crippen LogP contribution is 2.28. The van der Waals surface area contributed by atoms with Crippen molar-refractivity contribution in [2.24, 2.45) is 0 Å². The lowest BCUT2D eigenvalue weighted by molar-refractivity contribution is -0.142. The molecular formula is C10H11Br2NO2. The number of carbonyl (C=O) groups excluding carboxylic acids is 1. The molecule has 0 aliphatic rings. The molecule has 5 heteroatoms. The second-order valence-electron chi connectivity index (χ2n) is 2.95. The van der Waals surface area contributed by atoms with Crippen LogP contribution in [0.1, 0.15) is 12.5 Å². The number of esters is 1. The SMILES string of the molecule is CCOC(=O)Cc1cc(Br)c(N)cc1Br. The minimum absolute atomic E-state index is 0.241. The van der Waals surface area contributed by atoms with E-state index in [4.69, 9.17) is 10.5 Å². The van der Waals surface area contributed by atoms with Crippen molar-refractivity contribution in [2.45, 2.75) is 13.3 Å². The molecule has 0 heterocycles. The second-order valence-corrected chi connectivity index (χ2v) is 4.66. The van der Waals surface area contributed by atoms with Crippen LogP contribution in [0.3, 0.4) is 0 Å². The Balaban J connectivity index is 2.86. The molecule has 0 fully saturated rings. The number of hydrogen-bond donors (Lipinski definition) is 1. The molecule has 1 aromatic carbocycles. The van der Waals surface area contributed by atoms with Crippen molar-refractivity contribution in [3.05, 3.63) is 26.6 Å². The van der Waals surface area contributed by atoms with Crippen LogP contribution >= 0.6 is 31.9 Å². The van der Waals surface area contributed by atoms with E-state index in [2.05, 4.69) is 31.9 Å². The van der Waals surface area contributed by atoms with Gasteiger partial charge in [0.25, 0.3) is 0 Å². The number of nitrogen functional groups attached to an aromatic ring is 1. The quantitative estimate of drug-likeness (QED) is 0.682. The van der Waals surface area contributed by atoms with Gasteiger partial charge in [-0.3, -0.25) is 4.79 Å². The van der Waals surface area contributed by atoms with E-state index in [-0.39, 0.29) is 12.4 Å². The Labute approximate surface area is 105 Å². The summed E-state index contributed by atoms with van der Waals surface area (Å²) in [5, 5.41) is 0. The maximum atomic E-state index is 11.3. The van der Waals surface area contributed by atoms with Gasteiger partial charge in [0.1, 0.15) is 0 Å². The zero-order valence-corrected chi connectivity index (χ0v) is 11.4. The Hall–Kier alpha value is -0.550. The minimum Gasteiger partial charge on any atom is -0.466 e. The Morgan fingerprint density at radius 2 is 2.07 bits per heavy atom. The van der Waals surface area contributed by atoms with Crippen LogP contribution in [0.5, 0.6) is 0 Å². The normalized spacial score (nSPS) is 10.1. The molecule has 0 spiro atoms. The first kappa shape index (κ1) is 12.5. The lowest BCUT2D eigenvalue weighted by Crippen LogP contribution is -2.08. The van der Waals surface area contributed by atoms with Crippen molar-refractivity contribution < 1.29 is 9.53 Å². The summed E-state index contributed by atoms with van der Waals surface area (Å²) in [6.07, 6.45) is 0.243. The summed E-state index contributed by atoms with van der Waals surface area (Å²) in [4.78, 5) is 11.3. The predicted octanol–water partition coefficient (Wildman–Crippen LogP) is 2.90. The van der Waals surface area contributed by atoms with Gasteiger partial charge < -0.3 is 10.5 Å². The van der Waals surface area contributed by atoms with Crippen LogP contribution in [-0.2, 0) is 16.0 Å². The molecule has 82 valence electrons. The number of ether oxygens (including phenoxy) is 1. The van der Waals surface area contributed by atoms with Crippen LogP contribution in [0.25, 0.3) is 0 Å². The molecule has 0 aliphatic carbocycles. The van der Waals surface area contributed by atoms with Crippen molar-refractivity contribution in [1.29, 1.82) is 0 Å². The summed E-state index contributed by atoms with van der Waals surface area (Å²) >= 11 is 6.66. The Kier molecular flexibility index (Phi) is 4.60. The summed E-state index contributed by atoms with van der Waals surface area (Å²) in [5.74, 6) is -0.241. The number of hydrogen-bond acceptors (Lipinski definition) is 3. The monoisotopic (exact) mass is 335 g/mol. The van der Waals surface area contributed by atoms with Gasteiger partial charge in [0.2, 0.25) is 0 Å². The molecule has 0 radical (unpaired) electrons. The van der Waals surface area contributed by atoms with E-state index in [1.807, 2.05) is 6.07 Å². The topological polar surface area (TPSA) is 52.3 Å². The van der Waals surface area contributed by atoms with Crippen molar-refractivity contribution >= 4 is 43.5 Å². The van der Waals surface area contributed by atoms with Crippen molar-refractivity contribution in [2.75, 3.05) is 12.3 Å². The molecule has 0 saturated heterocycles. The smallest absolute Gasteiger partial charge is 0.310 e. The van der Waals surface area contributed by atoms with E-state index in [1.54, 1.807) is 13.0 Å². The molecule has 3 nitrogen and oxygen atoms in total. The number of halogens is 2. The highest BCUT2D eigenvalue weighted by atomic mass is 79.9. The highest BCUT2D eigenvalue weighted by molar-refractivity contribution is 9.11. The van der Waals surface area contributed by atoms with Crippen LogP contribution in [0, 0.1) is 0 Å². The van der Waals surface area contributed by atoms with E-state index in [1.165, 1.54) is 0 Å². The van der Waals surface area contributed by atoms with Crippen molar-refractivity contribution in [3.8, 4) is 0 Å². The first-order valence-corrected chi connectivity index (χ1v) is 6.02. The van der Waals surface area contributed by atoms with Crippen LogP contribution in [-0.4, -0.2) is 12.6 Å². The van der Waals surface area contributed by atoms with E-state index >= 15 is 0 Å². The summed E-state index contributed by atoms with van der Waals surface area (Å²) in [6, 6.07) is 3.58. The van der Waals surface area contributed by atoms with E-state index in [0.29, 0.717) is 12.3 Å². The zero-order chi connectivity index (χ0) is 11.4. The third-order valence-corrected chi connectivity index (χ3v) is 3.23. The predicted molar refractivity (Wildman–Crippen MR) is 66.6 cm³/mol. The van der Waals surface area contributed by atoms with E-state index < -0.39 is 0 Å². The first-order valence-electron chi connectivity index (χ1n) is 4.43. The Morgan fingerprint density at radius 1 is 1.40 bits per heavy atom. The van der Waals surface area contributed by atoms with Gasteiger partial charge in [-0.05, 0) is 40.5 Å². The third-order valence-electron chi connectivity index (χ3n) is 1.81. The van der Waals surface area contributed by atoms with E-state index in [0.717, 1.165) is 14.5 Å². The van der Waals surface area contributed by atoms with Gasteiger partial charge in [-0.15, -0.1) is 0 Å². The molecule has 1 rings (SSSR count). The Bertz CT molecular complexity index is 380. The Morgan fingerprint density at radius 3 is 2.67 bits per heavy atom. The molecule has 0 aromatic heterocycles. The minimum atomic E-state index is -0.241. The molecule has 1 aromatic rings. The lowest BCUT2D eigenvalue weighted by atomic mass is 10.1. The summed E-state index contributed by atoms with van der Waals surface area (Å²) in [6.45, 7) is 2.18. The fraction of sp³-hybridized carbons (Fsp3) is 0.300. The van der Waals surface area contributed by atoms with Gasteiger partial charge in [-0.2, -0.15) is 0 Å². The molecule has 0 amide bonds. The molecular weight excluding hydrogens is 326 g/mol. The van der Waals surface area contributed by atoms with Gasteiger partial charge >= 0.3 is 5.97 Å². The van der Waals surface area contributed by atoms with Crippen LogP contribution in [0.15, 0.2) is 21.1 Å². The summed E-state index contributed by atoms with van der Waals surface area (Å²) in [7, 11) is 0. The van der Waals surface area contributed by atoms with Crippen LogP contribution in [0.2, 0.25) is 0 Å². The van der Waals surface area contributed by atoms with Gasteiger partial charge in [-0.25, -0.2) is 0 Å². The molecule has 2 N–H and O–H groups in total. The number of anilines is 1. The zero-order valence-electron chi connectivity index (χ0n) is 8.22. The van der Waals surface area contributed by atoms with Gasteiger partial charge in [-0.1, -0.05) is 15.9 Å². The second kappa shape index (κ2) is 5.51. The fourth-order valence-electron chi connectivity index (χ4n) is 1.11. The van der Waals surface area contributed by atoms with Gasteiger partial charge in [0.15, 0.2) is 0 Å². The molecule has 0 atom stereocenters. The number of benzene rings is 1. The van der Waals surface area contributed by atoms with Gasteiger partial charge in [0.05, 0.1) is 13.0 Å².